The zero-order chi connectivity index (χ0) is 15.1. The Morgan fingerprint density at radius 1 is 1.33 bits per heavy atom. The van der Waals surface area contributed by atoms with Crippen molar-refractivity contribution in [3.8, 4) is 0 Å². The first-order chi connectivity index (χ1) is 9.97. The molecule has 8 nitrogen and oxygen atoms in total. The van der Waals surface area contributed by atoms with Crippen molar-refractivity contribution in [2.24, 2.45) is 0 Å². The third kappa shape index (κ3) is 2.23. The number of carbonyl (C=O) groups is 2. The topological polar surface area (TPSA) is 113 Å². The molecule has 0 bridgehead atoms. The van der Waals surface area contributed by atoms with Gasteiger partial charge in [-0.25, -0.2) is 0 Å². The van der Waals surface area contributed by atoms with Crippen molar-refractivity contribution in [3.05, 3.63) is 39.4 Å². The number of piperidine rings is 1. The second-order valence-corrected chi connectivity index (χ2v) is 5.15. The molecule has 2 atom stereocenters. The van der Waals surface area contributed by atoms with Crippen LogP contribution in [0.25, 0.3) is 0 Å². The number of nitro groups is 1. The molecule has 0 radical (unpaired) electrons. The Hall–Kier alpha value is -2.48. The summed E-state index contributed by atoms with van der Waals surface area (Å²) in [6.45, 7) is 0.250. The summed E-state index contributed by atoms with van der Waals surface area (Å²) in [6.07, 6.45) is -0.138. The van der Waals surface area contributed by atoms with E-state index in [4.69, 9.17) is 0 Å². The molecule has 0 spiro atoms. The summed E-state index contributed by atoms with van der Waals surface area (Å²) >= 11 is 0. The predicted molar refractivity (Wildman–Crippen MR) is 70.1 cm³/mol. The molecule has 2 amide bonds. The minimum absolute atomic E-state index is 0.146. The average molecular weight is 291 g/mol. The molecule has 0 aromatic heterocycles. The number of rotatable bonds is 2. The molecule has 8 heteroatoms. The lowest BCUT2D eigenvalue weighted by atomic mass is 10.0. The Labute approximate surface area is 119 Å². The largest absolute Gasteiger partial charge is 0.374 e. The highest BCUT2D eigenvalue weighted by molar-refractivity contribution is 6.01. The van der Waals surface area contributed by atoms with Crippen LogP contribution in [-0.4, -0.2) is 39.0 Å². The van der Waals surface area contributed by atoms with E-state index in [1.807, 2.05) is 0 Å². The molecule has 2 unspecified atom stereocenters. The third-order valence-corrected chi connectivity index (χ3v) is 3.84. The highest BCUT2D eigenvalue weighted by Gasteiger charge is 2.39. The van der Waals surface area contributed by atoms with Crippen molar-refractivity contribution in [1.82, 2.24) is 10.2 Å². The van der Waals surface area contributed by atoms with Gasteiger partial charge in [0.05, 0.1) is 10.5 Å². The fraction of sp³-hybridized carbons (Fsp3) is 0.385. The molecule has 21 heavy (non-hydrogen) atoms. The van der Waals surface area contributed by atoms with Gasteiger partial charge in [-0.3, -0.25) is 19.7 Å². The van der Waals surface area contributed by atoms with Crippen molar-refractivity contribution in [3.63, 3.8) is 0 Å². The van der Waals surface area contributed by atoms with Crippen molar-refractivity contribution < 1.29 is 19.6 Å². The quantitative estimate of drug-likeness (QED) is 0.594. The SMILES string of the molecule is O=C1NC(O)CCC1N1Cc2ccc([N+](=O)[O-])cc2C1=O. The molecular weight excluding hydrogens is 278 g/mol. The molecule has 1 aromatic rings. The van der Waals surface area contributed by atoms with Gasteiger partial charge in [-0.2, -0.15) is 0 Å². The number of non-ortho nitro benzene ring substituents is 1. The van der Waals surface area contributed by atoms with Gasteiger partial charge in [0.25, 0.3) is 11.6 Å². The van der Waals surface area contributed by atoms with Crippen molar-refractivity contribution in [1.29, 1.82) is 0 Å². The highest BCUT2D eigenvalue weighted by Crippen LogP contribution is 2.30. The molecule has 0 saturated carbocycles. The Kier molecular flexibility index (Phi) is 3.09. The number of nitro benzene ring substituents is 1. The van der Waals surface area contributed by atoms with Crippen LogP contribution in [0.3, 0.4) is 0 Å². The number of aliphatic hydroxyl groups excluding tert-OH is 1. The van der Waals surface area contributed by atoms with E-state index in [0.29, 0.717) is 18.4 Å². The minimum atomic E-state index is -0.880. The standard InChI is InChI=1S/C13H13N3O5/c17-11-4-3-10(12(18)14-11)15-6-7-1-2-8(16(20)21)5-9(7)13(15)19/h1-2,5,10-11,17H,3-4,6H2,(H,14,18). The van der Waals surface area contributed by atoms with E-state index in [1.54, 1.807) is 6.07 Å². The van der Waals surface area contributed by atoms with Gasteiger partial charge < -0.3 is 15.3 Å². The average Bonchev–Trinajstić information content (AvgIpc) is 2.75. The van der Waals surface area contributed by atoms with Crippen LogP contribution in [0.1, 0.15) is 28.8 Å². The summed E-state index contributed by atoms with van der Waals surface area (Å²) in [7, 11) is 0. The molecule has 1 saturated heterocycles. The zero-order valence-corrected chi connectivity index (χ0v) is 11.0. The maximum absolute atomic E-state index is 12.4. The molecule has 2 aliphatic rings. The summed E-state index contributed by atoms with van der Waals surface area (Å²) in [5.41, 5.74) is 0.792. The fourth-order valence-corrected chi connectivity index (χ4v) is 2.75. The lowest BCUT2D eigenvalue weighted by molar-refractivity contribution is -0.384. The molecule has 1 fully saturated rings. The van der Waals surface area contributed by atoms with Crippen LogP contribution in [0.4, 0.5) is 5.69 Å². The van der Waals surface area contributed by atoms with Crippen LogP contribution in [0.15, 0.2) is 18.2 Å². The Morgan fingerprint density at radius 3 is 2.76 bits per heavy atom. The molecule has 3 rings (SSSR count). The first-order valence-electron chi connectivity index (χ1n) is 6.54. The normalized spacial score (nSPS) is 24.7. The van der Waals surface area contributed by atoms with Crippen LogP contribution in [0.5, 0.6) is 0 Å². The molecule has 0 aliphatic carbocycles. The fourth-order valence-electron chi connectivity index (χ4n) is 2.75. The Morgan fingerprint density at radius 2 is 2.10 bits per heavy atom. The van der Waals surface area contributed by atoms with E-state index >= 15 is 0 Å². The molecule has 2 N–H and O–H groups in total. The van der Waals surface area contributed by atoms with Gasteiger partial charge in [0, 0.05) is 18.7 Å². The zero-order valence-electron chi connectivity index (χ0n) is 11.0. The highest BCUT2D eigenvalue weighted by atomic mass is 16.6. The lowest BCUT2D eigenvalue weighted by Gasteiger charge is -2.32. The number of fused-ring (bicyclic) bond motifs is 1. The van der Waals surface area contributed by atoms with E-state index in [1.165, 1.54) is 17.0 Å². The number of nitrogens with one attached hydrogen (secondary N) is 1. The molecule has 2 aliphatic heterocycles. The third-order valence-electron chi connectivity index (χ3n) is 3.84. The monoisotopic (exact) mass is 291 g/mol. The van der Waals surface area contributed by atoms with Gasteiger partial charge in [-0.05, 0) is 24.5 Å². The van der Waals surface area contributed by atoms with Crippen LogP contribution in [0.2, 0.25) is 0 Å². The lowest BCUT2D eigenvalue weighted by Crippen LogP contribution is -2.54. The van der Waals surface area contributed by atoms with Crippen LogP contribution < -0.4 is 5.32 Å². The number of aliphatic hydroxyl groups is 1. The van der Waals surface area contributed by atoms with E-state index in [9.17, 15) is 24.8 Å². The summed E-state index contributed by atoms with van der Waals surface area (Å²) in [5.74, 6) is -0.783. The Balaban J connectivity index is 1.87. The van der Waals surface area contributed by atoms with E-state index in [2.05, 4.69) is 5.32 Å². The summed E-state index contributed by atoms with van der Waals surface area (Å²) in [5, 5.41) is 22.5. The number of hydrogen-bond acceptors (Lipinski definition) is 5. The number of nitrogens with zero attached hydrogens (tertiary/aromatic N) is 2. The number of benzene rings is 1. The molecule has 1 aromatic carbocycles. The molecule has 110 valence electrons. The Bertz CT molecular complexity index is 645. The molecular formula is C13H13N3O5. The van der Waals surface area contributed by atoms with Crippen molar-refractivity contribution >= 4 is 17.5 Å². The van der Waals surface area contributed by atoms with Gasteiger partial charge in [0.1, 0.15) is 12.3 Å². The van der Waals surface area contributed by atoms with Gasteiger partial charge in [0.2, 0.25) is 5.91 Å². The van der Waals surface area contributed by atoms with Gasteiger partial charge in [-0.1, -0.05) is 0 Å². The summed E-state index contributed by atoms with van der Waals surface area (Å²) < 4.78 is 0. The second-order valence-electron chi connectivity index (χ2n) is 5.15. The number of amides is 2. The minimum Gasteiger partial charge on any atom is -0.374 e. The van der Waals surface area contributed by atoms with Crippen molar-refractivity contribution in [2.75, 3.05) is 0 Å². The van der Waals surface area contributed by atoms with E-state index < -0.39 is 23.1 Å². The van der Waals surface area contributed by atoms with Crippen LogP contribution in [0, 0.1) is 10.1 Å². The van der Waals surface area contributed by atoms with Gasteiger partial charge >= 0.3 is 0 Å². The molecule has 2 heterocycles. The van der Waals surface area contributed by atoms with Gasteiger partial charge in [0.15, 0.2) is 0 Å². The van der Waals surface area contributed by atoms with Crippen molar-refractivity contribution in [2.45, 2.75) is 31.7 Å². The number of carbonyl (C=O) groups excluding carboxylic acids is 2. The smallest absolute Gasteiger partial charge is 0.270 e. The first kappa shape index (κ1) is 13.5. The van der Waals surface area contributed by atoms with Crippen LogP contribution >= 0.6 is 0 Å². The van der Waals surface area contributed by atoms with Gasteiger partial charge in [-0.15, -0.1) is 0 Å². The maximum atomic E-state index is 12.4. The number of hydrogen-bond donors (Lipinski definition) is 2. The van der Waals surface area contributed by atoms with E-state index in [0.717, 1.165) is 0 Å². The predicted octanol–water partition coefficient (Wildman–Crippen LogP) is 0.148. The summed E-state index contributed by atoms with van der Waals surface area (Å²) in [4.78, 5) is 35.9. The van der Waals surface area contributed by atoms with E-state index in [-0.39, 0.29) is 23.7 Å². The summed E-state index contributed by atoms with van der Waals surface area (Å²) in [6, 6.07) is 3.49. The first-order valence-corrected chi connectivity index (χ1v) is 6.54. The maximum Gasteiger partial charge on any atom is 0.270 e. The van der Waals surface area contributed by atoms with Crippen LogP contribution in [-0.2, 0) is 11.3 Å². The second kappa shape index (κ2) is 4.81.